The second-order valence-corrected chi connectivity index (χ2v) is 5.79. The fraction of sp³-hybridized carbons (Fsp3) is 0.474. The number of hydrogen-bond donors (Lipinski definition) is 1. The quantitative estimate of drug-likeness (QED) is 0.761. The molecule has 2 rings (SSSR count). The van der Waals surface area contributed by atoms with Gasteiger partial charge in [-0.2, -0.15) is 0 Å². The standard InChI is InChI=1S/C19H27N/c1-4-13-20-19(15(3)5-2)14-17-11-8-10-16-9-6-7-12-18(16)17/h6-12,15,19-20H,4-5,13-14H2,1-3H3. The minimum Gasteiger partial charge on any atom is -0.313 e. The maximum Gasteiger partial charge on any atom is 0.0133 e. The first-order chi connectivity index (χ1) is 9.76. The smallest absolute Gasteiger partial charge is 0.0133 e. The van der Waals surface area contributed by atoms with Crippen LogP contribution in [0.15, 0.2) is 42.5 Å². The molecule has 1 N–H and O–H groups in total. The van der Waals surface area contributed by atoms with Gasteiger partial charge in [0.15, 0.2) is 0 Å². The summed E-state index contributed by atoms with van der Waals surface area (Å²) in [6.45, 7) is 7.99. The second-order valence-electron chi connectivity index (χ2n) is 5.79. The summed E-state index contributed by atoms with van der Waals surface area (Å²) in [4.78, 5) is 0. The van der Waals surface area contributed by atoms with Crippen LogP contribution in [0, 0.1) is 5.92 Å². The summed E-state index contributed by atoms with van der Waals surface area (Å²) in [5, 5.41) is 6.49. The molecule has 0 fully saturated rings. The Labute approximate surface area is 123 Å². The highest BCUT2D eigenvalue weighted by Gasteiger charge is 2.16. The van der Waals surface area contributed by atoms with Crippen molar-refractivity contribution in [3.63, 3.8) is 0 Å². The van der Waals surface area contributed by atoms with Crippen LogP contribution in [0.2, 0.25) is 0 Å². The first kappa shape index (κ1) is 15.1. The van der Waals surface area contributed by atoms with E-state index in [1.54, 1.807) is 0 Å². The van der Waals surface area contributed by atoms with E-state index in [2.05, 4.69) is 68.6 Å². The van der Waals surface area contributed by atoms with Crippen molar-refractivity contribution in [2.75, 3.05) is 6.54 Å². The molecule has 1 nitrogen and oxygen atoms in total. The predicted molar refractivity (Wildman–Crippen MR) is 89.2 cm³/mol. The van der Waals surface area contributed by atoms with E-state index in [1.165, 1.54) is 29.2 Å². The third-order valence-corrected chi connectivity index (χ3v) is 4.31. The number of fused-ring (bicyclic) bond motifs is 1. The molecule has 0 aliphatic heterocycles. The molecule has 2 aromatic rings. The SMILES string of the molecule is CCCNC(Cc1cccc2ccccc12)C(C)CC. The summed E-state index contributed by atoms with van der Waals surface area (Å²) in [6.07, 6.45) is 3.55. The molecular formula is C19H27N. The van der Waals surface area contributed by atoms with Crippen molar-refractivity contribution in [3.05, 3.63) is 48.0 Å². The van der Waals surface area contributed by atoms with Gasteiger partial charge in [0.2, 0.25) is 0 Å². The van der Waals surface area contributed by atoms with Crippen LogP contribution in [0.25, 0.3) is 10.8 Å². The van der Waals surface area contributed by atoms with Gasteiger partial charge in [0.25, 0.3) is 0 Å². The van der Waals surface area contributed by atoms with Gasteiger partial charge in [0.1, 0.15) is 0 Å². The Balaban J connectivity index is 2.23. The summed E-state index contributed by atoms with van der Waals surface area (Å²) >= 11 is 0. The lowest BCUT2D eigenvalue weighted by Crippen LogP contribution is -2.37. The average molecular weight is 269 g/mol. The molecular weight excluding hydrogens is 242 g/mol. The van der Waals surface area contributed by atoms with Gasteiger partial charge in [0.05, 0.1) is 0 Å². The topological polar surface area (TPSA) is 12.0 Å². The van der Waals surface area contributed by atoms with Crippen LogP contribution in [0.4, 0.5) is 0 Å². The van der Waals surface area contributed by atoms with E-state index in [9.17, 15) is 0 Å². The molecule has 0 saturated carbocycles. The number of nitrogens with one attached hydrogen (secondary N) is 1. The zero-order valence-corrected chi connectivity index (χ0v) is 13.0. The fourth-order valence-electron chi connectivity index (χ4n) is 2.80. The molecule has 0 saturated heterocycles. The van der Waals surface area contributed by atoms with Gasteiger partial charge in [-0.1, -0.05) is 69.7 Å². The molecule has 0 heterocycles. The molecule has 2 unspecified atom stereocenters. The highest BCUT2D eigenvalue weighted by atomic mass is 14.9. The van der Waals surface area contributed by atoms with Crippen molar-refractivity contribution in [1.29, 1.82) is 0 Å². The lowest BCUT2D eigenvalue weighted by Gasteiger charge is -2.25. The number of benzene rings is 2. The number of rotatable bonds is 7. The highest BCUT2D eigenvalue weighted by molar-refractivity contribution is 5.85. The maximum atomic E-state index is 3.73. The van der Waals surface area contributed by atoms with Crippen LogP contribution in [0.1, 0.15) is 39.2 Å². The third-order valence-electron chi connectivity index (χ3n) is 4.31. The zero-order valence-electron chi connectivity index (χ0n) is 13.0. The third kappa shape index (κ3) is 3.61. The maximum absolute atomic E-state index is 3.73. The predicted octanol–water partition coefficient (Wildman–Crippen LogP) is 4.80. The minimum atomic E-state index is 0.575. The lowest BCUT2D eigenvalue weighted by atomic mass is 9.90. The molecule has 0 aliphatic rings. The summed E-state index contributed by atoms with van der Waals surface area (Å²) in [5.74, 6) is 0.709. The summed E-state index contributed by atoms with van der Waals surface area (Å²) in [5.41, 5.74) is 1.47. The van der Waals surface area contributed by atoms with Gasteiger partial charge in [-0.25, -0.2) is 0 Å². The van der Waals surface area contributed by atoms with Crippen LogP contribution in [-0.4, -0.2) is 12.6 Å². The molecule has 108 valence electrons. The first-order valence-corrected chi connectivity index (χ1v) is 7.96. The second kappa shape index (κ2) is 7.44. The molecule has 0 amide bonds. The fourth-order valence-corrected chi connectivity index (χ4v) is 2.80. The van der Waals surface area contributed by atoms with Gasteiger partial charge < -0.3 is 5.32 Å². The van der Waals surface area contributed by atoms with Gasteiger partial charge in [0, 0.05) is 6.04 Å². The van der Waals surface area contributed by atoms with E-state index in [0.29, 0.717) is 12.0 Å². The Hall–Kier alpha value is -1.34. The molecule has 0 bridgehead atoms. The van der Waals surface area contributed by atoms with Crippen LogP contribution in [0.3, 0.4) is 0 Å². The van der Waals surface area contributed by atoms with Crippen molar-refractivity contribution in [2.24, 2.45) is 5.92 Å². The van der Waals surface area contributed by atoms with Crippen LogP contribution >= 0.6 is 0 Å². The Morgan fingerprint density at radius 1 is 1.00 bits per heavy atom. The summed E-state index contributed by atoms with van der Waals surface area (Å²) in [6, 6.07) is 16.0. The molecule has 0 radical (unpaired) electrons. The van der Waals surface area contributed by atoms with Crippen molar-refractivity contribution in [3.8, 4) is 0 Å². The van der Waals surface area contributed by atoms with E-state index < -0.39 is 0 Å². The molecule has 0 aliphatic carbocycles. The van der Waals surface area contributed by atoms with Crippen molar-refractivity contribution in [2.45, 2.75) is 46.1 Å². The summed E-state index contributed by atoms with van der Waals surface area (Å²) < 4.78 is 0. The molecule has 2 atom stereocenters. The average Bonchev–Trinajstić information content (AvgIpc) is 2.50. The Morgan fingerprint density at radius 2 is 1.75 bits per heavy atom. The zero-order chi connectivity index (χ0) is 14.4. The van der Waals surface area contributed by atoms with Crippen molar-refractivity contribution >= 4 is 10.8 Å². The monoisotopic (exact) mass is 269 g/mol. The van der Waals surface area contributed by atoms with Gasteiger partial charge in [-0.15, -0.1) is 0 Å². The van der Waals surface area contributed by atoms with E-state index in [0.717, 1.165) is 13.0 Å². The van der Waals surface area contributed by atoms with Crippen LogP contribution in [0.5, 0.6) is 0 Å². The van der Waals surface area contributed by atoms with E-state index in [-0.39, 0.29) is 0 Å². The van der Waals surface area contributed by atoms with E-state index in [1.807, 2.05) is 0 Å². The number of hydrogen-bond acceptors (Lipinski definition) is 1. The van der Waals surface area contributed by atoms with E-state index >= 15 is 0 Å². The Kier molecular flexibility index (Phi) is 5.60. The van der Waals surface area contributed by atoms with E-state index in [4.69, 9.17) is 0 Å². The minimum absolute atomic E-state index is 0.575. The van der Waals surface area contributed by atoms with Crippen LogP contribution in [-0.2, 0) is 6.42 Å². The Morgan fingerprint density at radius 3 is 2.50 bits per heavy atom. The lowest BCUT2D eigenvalue weighted by molar-refractivity contribution is 0.365. The molecule has 0 aromatic heterocycles. The van der Waals surface area contributed by atoms with Gasteiger partial charge >= 0.3 is 0 Å². The normalized spacial score (nSPS) is 14.3. The first-order valence-electron chi connectivity index (χ1n) is 7.96. The van der Waals surface area contributed by atoms with Crippen molar-refractivity contribution < 1.29 is 0 Å². The van der Waals surface area contributed by atoms with Crippen LogP contribution < -0.4 is 5.32 Å². The molecule has 1 heteroatoms. The molecule has 20 heavy (non-hydrogen) atoms. The van der Waals surface area contributed by atoms with Gasteiger partial charge in [-0.05, 0) is 41.6 Å². The van der Waals surface area contributed by atoms with Crippen molar-refractivity contribution in [1.82, 2.24) is 5.32 Å². The highest BCUT2D eigenvalue weighted by Crippen LogP contribution is 2.22. The largest absolute Gasteiger partial charge is 0.313 e. The Bertz CT molecular complexity index is 527. The van der Waals surface area contributed by atoms with Gasteiger partial charge in [-0.3, -0.25) is 0 Å². The molecule has 0 spiro atoms. The molecule has 2 aromatic carbocycles. The summed E-state index contributed by atoms with van der Waals surface area (Å²) in [7, 11) is 0.